The maximum Gasteiger partial charge on any atom is 0.274 e. The van der Waals surface area contributed by atoms with Gasteiger partial charge in [-0.15, -0.1) is 0 Å². The summed E-state index contributed by atoms with van der Waals surface area (Å²) in [5.74, 6) is -1.43. The van der Waals surface area contributed by atoms with Crippen LogP contribution in [0.2, 0.25) is 0 Å². The lowest BCUT2D eigenvalue weighted by molar-refractivity contribution is 0.571. The van der Waals surface area contributed by atoms with E-state index in [0.717, 1.165) is 64.5 Å². The van der Waals surface area contributed by atoms with Crippen LogP contribution in [0.4, 0.5) is 31.7 Å². The number of anilines is 4. The summed E-state index contributed by atoms with van der Waals surface area (Å²) in [5, 5.41) is 0.814. The van der Waals surface area contributed by atoms with Gasteiger partial charge in [0.2, 0.25) is 0 Å². The smallest absolute Gasteiger partial charge is 0.274 e. The summed E-state index contributed by atoms with van der Waals surface area (Å²) in [6.45, 7) is 1.99. The second-order valence-electron chi connectivity index (χ2n) is 8.43. The molecule has 0 radical (unpaired) electrons. The molecule has 0 saturated heterocycles. The Kier molecular flexibility index (Phi) is 4.45. The van der Waals surface area contributed by atoms with Crippen LogP contribution in [-0.4, -0.2) is 34.7 Å². The van der Waals surface area contributed by atoms with Crippen LogP contribution in [0.5, 0.6) is 0 Å². The maximum atomic E-state index is 15.0. The van der Waals surface area contributed by atoms with Gasteiger partial charge in [-0.3, -0.25) is 4.79 Å². The second kappa shape index (κ2) is 7.17. The average molecular weight is 560 g/mol. The molecule has 1 aromatic carbocycles. The molecule has 0 fully saturated rings. The van der Waals surface area contributed by atoms with Gasteiger partial charge in [0, 0.05) is 62.2 Å². The Morgan fingerprint density at radius 3 is 2.67 bits per heavy atom. The van der Waals surface area contributed by atoms with E-state index in [9.17, 15) is 13.6 Å². The van der Waals surface area contributed by atoms with Gasteiger partial charge in [-0.2, -0.15) is 0 Å². The number of H-pyrrole nitrogens is 1. The van der Waals surface area contributed by atoms with Crippen LogP contribution in [0.25, 0.3) is 22.0 Å². The Hall–Kier alpha value is -3.15. The molecular formula is C23H19F2IN6O. The zero-order valence-electron chi connectivity index (χ0n) is 17.9. The van der Waals surface area contributed by atoms with Gasteiger partial charge in [-0.05, 0) is 17.7 Å². The number of aromatic amines is 1. The Morgan fingerprint density at radius 1 is 1.06 bits per heavy atom. The number of pyridine rings is 2. The average Bonchev–Trinajstić information content (AvgIpc) is 3.16. The Balaban J connectivity index is 1.72. The van der Waals surface area contributed by atoms with Crippen molar-refractivity contribution in [2.24, 2.45) is 7.05 Å². The first-order chi connectivity index (χ1) is 15.8. The zero-order valence-corrected chi connectivity index (χ0v) is 20.0. The quantitative estimate of drug-likeness (QED) is 0.275. The number of aryl methyl sites for hydroxylation is 1. The molecule has 7 nitrogen and oxygen atoms in total. The first-order valence-corrected chi connectivity index (χ1v) is 11.4. The molecule has 0 unspecified atom stereocenters. The van der Waals surface area contributed by atoms with Gasteiger partial charge in [-0.1, -0.05) is 0 Å². The van der Waals surface area contributed by atoms with E-state index >= 15 is 0 Å². The van der Waals surface area contributed by atoms with Crippen LogP contribution in [0.15, 0.2) is 41.6 Å². The predicted molar refractivity (Wildman–Crippen MR) is 134 cm³/mol. The summed E-state index contributed by atoms with van der Waals surface area (Å²) in [6, 6.07) is 4.97. The van der Waals surface area contributed by atoms with Crippen LogP contribution >= 0.6 is 22.9 Å². The molecule has 33 heavy (non-hydrogen) atoms. The number of hydrogen-bond acceptors (Lipinski definition) is 5. The SMILES string of the molecule is CN1CCN(I)c2cc3c(cc21)-c1cn(C)c(=O)c2[nH]cc(c12)CN3c1ncc(F)cc1F. The van der Waals surface area contributed by atoms with Crippen molar-refractivity contribution in [2.75, 3.05) is 33.1 Å². The van der Waals surface area contributed by atoms with Crippen LogP contribution in [0, 0.1) is 11.6 Å². The maximum absolute atomic E-state index is 15.0. The van der Waals surface area contributed by atoms with Gasteiger partial charge in [0.1, 0.15) is 11.3 Å². The standard InChI is InChI=1S/C23H19F2IN6O/c1-29-3-4-32(26)19-7-17-14(6-18(19)29)15-11-30(2)23(33)21-20(15)12(8-27-21)10-31(17)22-16(25)5-13(24)9-28-22/h5-9,11,27H,3-4,10H2,1-2H3. The molecule has 168 valence electrons. The van der Waals surface area contributed by atoms with Crippen LogP contribution < -0.4 is 18.5 Å². The molecule has 0 saturated carbocycles. The third kappa shape index (κ3) is 2.96. The van der Waals surface area contributed by atoms with Gasteiger partial charge >= 0.3 is 0 Å². The van der Waals surface area contributed by atoms with Gasteiger partial charge in [-0.25, -0.2) is 13.8 Å². The largest absolute Gasteiger partial charge is 0.371 e. The molecule has 0 spiro atoms. The highest BCUT2D eigenvalue weighted by Crippen LogP contribution is 2.49. The minimum absolute atomic E-state index is 0.0376. The lowest BCUT2D eigenvalue weighted by Gasteiger charge is -2.35. The lowest BCUT2D eigenvalue weighted by Crippen LogP contribution is -2.34. The van der Waals surface area contributed by atoms with Crippen molar-refractivity contribution in [1.82, 2.24) is 14.5 Å². The normalized spacial score (nSPS) is 15.0. The minimum atomic E-state index is -0.741. The monoisotopic (exact) mass is 560 g/mol. The zero-order chi connectivity index (χ0) is 23.0. The molecule has 1 N–H and O–H groups in total. The number of likely N-dealkylation sites (N-methyl/N-ethyl adjacent to an activating group) is 1. The molecule has 3 aromatic heterocycles. The van der Waals surface area contributed by atoms with Crippen molar-refractivity contribution in [1.29, 1.82) is 0 Å². The number of halogens is 3. The van der Waals surface area contributed by atoms with Crippen LogP contribution in [0.3, 0.4) is 0 Å². The summed E-state index contributed by atoms with van der Waals surface area (Å²) in [4.78, 5) is 24.0. The van der Waals surface area contributed by atoms with Gasteiger partial charge < -0.3 is 22.5 Å². The highest BCUT2D eigenvalue weighted by atomic mass is 127. The second-order valence-corrected chi connectivity index (χ2v) is 9.60. The van der Waals surface area contributed by atoms with Crippen molar-refractivity contribution >= 4 is 56.6 Å². The molecule has 10 heteroatoms. The topological polar surface area (TPSA) is 60.4 Å². The molecule has 0 amide bonds. The molecule has 0 atom stereocenters. The number of aromatic nitrogens is 3. The molecule has 0 aliphatic carbocycles. The summed E-state index contributed by atoms with van der Waals surface area (Å²) in [6.07, 6.45) is 4.64. The molecule has 5 heterocycles. The fourth-order valence-corrected chi connectivity index (χ4v) is 5.40. The van der Waals surface area contributed by atoms with Gasteiger partial charge in [0.05, 0.1) is 52.7 Å². The molecule has 2 aliphatic heterocycles. The first kappa shape index (κ1) is 20.5. The van der Waals surface area contributed by atoms with E-state index in [2.05, 4.69) is 46.9 Å². The fraction of sp³-hybridized carbons (Fsp3) is 0.217. The van der Waals surface area contributed by atoms with Crippen molar-refractivity contribution in [2.45, 2.75) is 6.54 Å². The van der Waals surface area contributed by atoms with Crippen molar-refractivity contribution in [3.05, 3.63) is 64.3 Å². The van der Waals surface area contributed by atoms with Crippen molar-refractivity contribution in [3.8, 4) is 11.1 Å². The van der Waals surface area contributed by atoms with E-state index in [4.69, 9.17) is 0 Å². The van der Waals surface area contributed by atoms with Crippen molar-refractivity contribution < 1.29 is 8.78 Å². The number of nitrogens with zero attached hydrogens (tertiary/aromatic N) is 5. The van der Waals surface area contributed by atoms with Gasteiger partial charge in [0.15, 0.2) is 11.6 Å². The Morgan fingerprint density at radius 2 is 1.88 bits per heavy atom. The Labute approximate surface area is 201 Å². The number of fused-ring (bicyclic) bond motifs is 3. The summed E-state index contributed by atoms with van der Waals surface area (Å²) < 4.78 is 32.4. The third-order valence-corrected chi connectivity index (χ3v) is 7.44. The third-order valence-electron chi connectivity index (χ3n) is 6.44. The minimum Gasteiger partial charge on any atom is -0.371 e. The molecule has 4 aromatic rings. The highest BCUT2D eigenvalue weighted by Gasteiger charge is 2.31. The summed E-state index contributed by atoms with van der Waals surface area (Å²) in [7, 11) is 3.77. The Bertz CT molecular complexity index is 1510. The van der Waals surface area contributed by atoms with Crippen molar-refractivity contribution in [3.63, 3.8) is 0 Å². The van der Waals surface area contributed by atoms with E-state index in [1.165, 1.54) is 0 Å². The highest BCUT2D eigenvalue weighted by molar-refractivity contribution is 14.1. The van der Waals surface area contributed by atoms with E-state index in [0.29, 0.717) is 5.52 Å². The van der Waals surface area contributed by atoms with Crippen LogP contribution in [0.1, 0.15) is 5.56 Å². The summed E-state index contributed by atoms with van der Waals surface area (Å²) >= 11 is 2.29. The van der Waals surface area contributed by atoms with Crippen LogP contribution in [-0.2, 0) is 13.6 Å². The number of hydrogen-bond donors (Lipinski definition) is 1. The molecule has 0 bridgehead atoms. The summed E-state index contributed by atoms with van der Waals surface area (Å²) in [5.41, 5.74) is 5.76. The fourth-order valence-electron chi connectivity index (χ4n) is 4.80. The van der Waals surface area contributed by atoms with E-state index in [1.807, 2.05) is 19.3 Å². The number of benzene rings is 1. The first-order valence-electron chi connectivity index (χ1n) is 10.4. The van der Waals surface area contributed by atoms with E-state index in [-0.39, 0.29) is 17.9 Å². The van der Waals surface area contributed by atoms with E-state index in [1.54, 1.807) is 22.7 Å². The molecule has 2 aliphatic rings. The predicted octanol–water partition coefficient (Wildman–Crippen LogP) is 4.46. The number of nitrogens with one attached hydrogen (secondary N) is 1. The molecular weight excluding hydrogens is 541 g/mol. The van der Waals surface area contributed by atoms with E-state index < -0.39 is 11.6 Å². The molecule has 6 rings (SSSR count). The number of rotatable bonds is 1. The lowest BCUT2D eigenvalue weighted by atomic mass is 9.99. The van der Waals surface area contributed by atoms with Gasteiger partial charge in [0.25, 0.3) is 5.56 Å².